The first-order chi connectivity index (χ1) is 4.81. The Morgan fingerprint density at radius 1 is 1.18 bits per heavy atom. The van der Waals surface area contributed by atoms with Gasteiger partial charge in [0.05, 0.1) is 0 Å². The van der Waals surface area contributed by atoms with Crippen LogP contribution in [0, 0.1) is 5.41 Å². The molecule has 1 heteroatoms. The standard InChI is InChI=1S/C10H21N/c1-8(2)11(6)10(5)7-9(10,3)4/h8H,7H2,1-6H3/t10-/m0/s1. The molecule has 1 fully saturated rings. The second-order valence-electron chi connectivity index (χ2n) is 5.04. The van der Waals surface area contributed by atoms with E-state index in [0.717, 1.165) is 0 Å². The molecule has 11 heavy (non-hydrogen) atoms. The molecule has 0 heterocycles. The summed E-state index contributed by atoms with van der Waals surface area (Å²) in [6.45, 7) is 11.6. The fraction of sp³-hybridized carbons (Fsp3) is 1.00. The van der Waals surface area contributed by atoms with Gasteiger partial charge in [-0.05, 0) is 39.7 Å². The predicted molar refractivity (Wildman–Crippen MR) is 49.7 cm³/mol. The SMILES string of the molecule is CC(C)N(C)[C@@]1(C)CC1(C)C. The van der Waals surface area contributed by atoms with Gasteiger partial charge in [-0.25, -0.2) is 0 Å². The molecule has 0 radical (unpaired) electrons. The maximum Gasteiger partial charge on any atom is 0.0238 e. The van der Waals surface area contributed by atoms with E-state index < -0.39 is 0 Å². The van der Waals surface area contributed by atoms with E-state index >= 15 is 0 Å². The van der Waals surface area contributed by atoms with Gasteiger partial charge in [-0.1, -0.05) is 13.8 Å². The summed E-state index contributed by atoms with van der Waals surface area (Å²) in [5, 5.41) is 0. The highest BCUT2D eigenvalue weighted by atomic mass is 15.2. The molecule has 0 aliphatic heterocycles. The molecule has 0 bridgehead atoms. The maximum absolute atomic E-state index is 2.49. The first kappa shape index (κ1) is 9.05. The summed E-state index contributed by atoms with van der Waals surface area (Å²) in [5.74, 6) is 0. The number of nitrogens with zero attached hydrogens (tertiary/aromatic N) is 1. The highest BCUT2D eigenvalue weighted by Crippen LogP contribution is 2.59. The van der Waals surface area contributed by atoms with Crippen molar-refractivity contribution in [1.82, 2.24) is 4.90 Å². The highest BCUT2D eigenvalue weighted by molar-refractivity contribution is 5.14. The Balaban J connectivity index is 2.64. The molecule has 0 aromatic heterocycles. The summed E-state index contributed by atoms with van der Waals surface area (Å²) >= 11 is 0. The second kappa shape index (κ2) is 2.22. The highest BCUT2D eigenvalue weighted by Gasteiger charge is 2.60. The zero-order valence-corrected chi connectivity index (χ0v) is 8.73. The van der Waals surface area contributed by atoms with Gasteiger partial charge in [-0.2, -0.15) is 0 Å². The Morgan fingerprint density at radius 3 is 1.64 bits per heavy atom. The van der Waals surface area contributed by atoms with Crippen LogP contribution in [0.4, 0.5) is 0 Å². The van der Waals surface area contributed by atoms with Crippen molar-refractivity contribution in [3.05, 3.63) is 0 Å². The average molecular weight is 155 g/mol. The van der Waals surface area contributed by atoms with Crippen LogP contribution in [0.5, 0.6) is 0 Å². The molecule has 1 atom stereocenters. The van der Waals surface area contributed by atoms with E-state index in [4.69, 9.17) is 0 Å². The molecule has 0 saturated heterocycles. The van der Waals surface area contributed by atoms with Crippen molar-refractivity contribution >= 4 is 0 Å². The normalized spacial score (nSPS) is 34.9. The van der Waals surface area contributed by atoms with Gasteiger partial charge in [0.25, 0.3) is 0 Å². The molecule has 1 aliphatic rings. The van der Waals surface area contributed by atoms with Crippen molar-refractivity contribution in [3.8, 4) is 0 Å². The quantitative estimate of drug-likeness (QED) is 0.592. The van der Waals surface area contributed by atoms with E-state index in [9.17, 15) is 0 Å². The zero-order valence-electron chi connectivity index (χ0n) is 8.73. The first-order valence-electron chi connectivity index (χ1n) is 4.54. The molecule has 0 spiro atoms. The number of rotatable bonds is 2. The fourth-order valence-electron chi connectivity index (χ4n) is 1.99. The lowest BCUT2D eigenvalue weighted by molar-refractivity contribution is 0.157. The molecule has 0 amide bonds. The van der Waals surface area contributed by atoms with E-state index in [1.54, 1.807) is 0 Å². The van der Waals surface area contributed by atoms with E-state index in [0.29, 0.717) is 17.0 Å². The van der Waals surface area contributed by atoms with Crippen molar-refractivity contribution in [1.29, 1.82) is 0 Å². The van der Waals surface area contributed by atoms with Crippen molar-refractivity contribution < 1.29 is 0 Å². The first-order valence-corrected chi connectivity index (χ1v) is 4.54. The van der Waals surface area contributed by atoms with Gasteiger partial charge in [0, 0.05) is 11.6 Å². The molecule has 0 aromatic rings. The smallest absolute Gasteiger partial charge is 0.0238 e. The molecule has 0 unspecified atom stereocenters. The van der Waals surface area contributed by atoms with Crippen LogP contribution >= 0.6 is 0 Å². The summed E-state index contributed by atoms with van der Waals surface area (Å²) in [7, 11) is 2.24. The molecule has 0 N–H and O–H groups in total. The summed E-state index contributed by atoms with van der Waals surface area (Å²) in [5.41, 5.74) is 0.993. The molecule has 1 rings (SSSR count). The van der Waals surface area contributed by atoms with Gasteiger partial charge < -0.3 is 0 Å². The van der Waals surface area contributed by atoms with Crippen LogP contribution < -0.4 is 0 Å². The molecule has 1 saturated carbocycles. The summed E-state index contributed by atoms with van der Waals surface area (Å²) in [6.07, 6.45) is 1.34. The average Bonchev–Trinajstić information content (AvgIpc) is 2.32. The third-order valence-electron chi connectivity index (χ3n) is 3.67. The van der Waals surface area contributed by atoms with E-state index in [1.165, 1.54) is 6.42 Å². The molecule has 1 nitrogen and oxygen atoms in total. The second-order valence-corrected chi connectivity index (χ2v) is 5.04. The third-order valence-corrected chi connectivity index (χ3v) is 3.67. The zero-order chi connectivity index (χ0) is 8.86. The Hall–Kier alpha value is -0.0400. The van der Waals surface area contributed by atoms with Crippen molar-refractivity contribution in [2.75, 3.05) is 7.05 Å². The van der Waals surface area contributed by atoms with Gasteiger partial charge in [-0.15, -0.1) is 0 Å². The lowest BCUT2D eigenvalue weighted by atomic mass is 10.0. The van der Waals surface area contributed by atoms with Gasteiger partial charge >= 0.3 is 0 Å². The summed E-state index contributed by atoms with van der Waals surface area (Å²) < 4.78 is 0. The molecular weight excluding hydrogens is 134 g/mol. The number of hydrogen-bond donors (Lipinski definition) is 0. The van der Waals surface area contributed by atoms with Crippen LogP contribution in [0.1, 0.15) is 41.0 Å². The molecule has 1 aliphatic carbocycles. The van der Waals surface area contributed by atoms with Crippen LogP contribution in [-0.4, -0.2) is 23.5 Å². The minimum Gasteiger partial charge on any atom is -0.298 e. The van der Waals surface area contributed by atoms with Crippen LogP contribution in [0.3, 0.4) is 0 Å². The monoisotopic (exact) mass is 155 g/mol. The van der Waals surface area contributed by atoms with Crippen molar-refractivity contribution in [3.63, 3.8) is 0 Å². The van der Waals surface area contributed by atoms with Crippen LogP contribution in [0.25, 0.3) is 0 Å². The van der Waals surface area contributed by atoms with Crippen molar-refractivity contribution in [2.45, 2.75) is 52.6 Å². The van der Waals surface area contributed by atoms with Gasteiger partial charge in [0.15, 0.2) is 0 Å². The van der Waals surface area contributed by atoms with Crippen molar-refractivity contribution in [2.24, 2.45) is 5.41 Å². The fourth-order valence-corrected chi connectivity index (χ4v) is 1.99. The Labute approximate surface area is 70.8 Å². The van der Waals surface area contributed by atoms with Gasteiger partial charge in [-0.3, -0.25) is 4.90 Å². The minimum absolute atomic E-state index is 0.459. The minimum atomic E-state index is 0.459. The van der Waals surface area contributed by atoms with Gasteiger partial charge in [0.1, 0.15) is 0 Å². The van der Waals surface area contributed by atoms with Gasteiger partial charge in [0.2, 0.25) is 0 Å². The van der Waals surface area contributed by atoms with E-state index in [-0.39, 0.29) is 0 Å². The lowest BCUT2D eigenvalue weighted by Crippen LogP contribution is -2.39. The molecule has 66 valence electrons. The Bertz CT molecular complexity index is 160. The maximum atomic E-state index is 2.49. The summed E-state index contributed by atoms with van der Waals surface area (Å²) in [6, 6.07) is 0.668. The Kier molecular flexibility index (Phi) is 1.83. The largest absolute Gasteiger partial charge is 0.298 e. The van der Waals surface area contributed by atoms with E-state index in [1.807, 2.05) is 0 Å². The Morgan fingerprint density at radius 2 is 1.55 bits per heavy atom. The topological polar surface area (TPSA) is 3.24 Å². The molecule has 0 aromatic carbocycles. The molecular formula is C10H21N. The third kappa shape index (κ3) is 1.20. The van der Waals surface area contributed by atoms with Crippen LogP contribution in [-0.2, 0) is 0 Å². The van der Waals surface area contributed by atoms with E-state index in [2.05, 4.69) is 46.6 Å². The predicted octanol–water partition coefficient (Wildman–Crippen LogP) is 2.52. The lowest BCUT2D eigenvalue weighted by Gasteiger charge is -2.31. The number of hydrogen-bond acceptors (Lipinski definition) is 1. The van der Waals surface area contributed by atoms with Crippen LogP contribution in [0.15, 0.2) is 0 Å². The van der Waals surface area contributed by atoms with Crippen LogP contribution in [0.2, 0.25) is 0 Å². The summed E-state index contributed by atoms with van der Waals surface area (Å²) in [4.78, 5) is 2.49.